The van der Waals surface area contributed by atoms with E-state index in [1.54, 1.807) is 0 Å². The molecule has 1 fully saturated rings. The zero-order chi connectivity index (χ0) is 18.9. The second kappa shape index (κ2) is 7.44. The van der Waals surface area contributed by atoms with E-state index >= 15 is 0 Å². The molecule has 5 rings (SSSR count). The third kappa shape index (κ3) is 3.33. The minimum atomic E-state index is 0.151. The highest BCUT2D eigenvalue weighted by Gasteiger charge is 2.32. The Kier molecular flexibility index (Phi) is 4.65. The molecule has 144 valence electrons. The standard InChI is InChI=1S/C24H26N2O2/c27-24(19-10-13-25(14-11-19)16-18-6-2-1-3-7-18)26-15-12-21-20-8-4-5-9-22(20)28-23(21)17-26/h1-9,19H,10-17H2. The molecule has 1 amide bonds. The zero-order valence-corrected chi connectivity index (χ0v) is 16.1. The number of fused-ring (bicyclic) bond motifs is 3. The fourth-order valence-electron chi connectivity index (χ4n) is 4.68. The zero-order valence-electron chi connectivity index (χ0n) is 16.1. The third-order valence-electron chi connectivity index (χ3n) is 6.25. The van der Waals surface area contributed by atoms with Crippen LogP contribution in [0, 0.1) is 5.92 Å². The first-order chi connectivity index (χ1) is 13.8. The van der Waals surface area contributed by atoms with Crippen LogP contribution in [0.3, 0.4) is 0 Å². The summed E-state index contributed by atoms with van der Waals surface area (Å²) in [7, 11) is 0. The van der Waals surface area contributed by atoms with Crippen LogP contribution in [0.1, 0.15) is 29.7 Å². The van der Waals surface area contributed by atoms with Gasteiger partial charge in [-0.25, -0.2) is 0 Å². The van der Waals surface area contributed by atoms with E-state index in [0.717, 1.165) is 56.8 Å². The van der Waals surface area contributed by atoms with Gasteiger partial charge in [-0.15, -0.1) is 0 Å². The highest BCUT2D eigenvalue weighted by molar-refractivity contribution is 5.84. The number of amides is 1. The molecule has 1 aromatic heterocycles. The van der Waals surface area contributed by atoms with E-state index in [2.05, 4.69) is 47.4 Å². The molecular formula is C24H26N2O2. The number of piperidine rings is 1. The van der Waals surface area contributed by atoms with Crippen molar-refractivity contribution >= 4 is 16.9 Å². The van der Waals surface area contributed by atoms with E-state index in [1.165, 1.54) is 16.5 Å². The molecule has 2 aromatic carbocycles. The molecule has 0 aliphatic carbocycles. The molecule has 0 unspecified atom stereocenters. The molecule has 0 atom stereocenters. The summed E-state index contributed by atoms with van der Waals surface area (Å²) in [5.41, 5.74) is 3.58. The van der Waals surface area contributed by atoms with Crippen LogP contribution in [0.2, 0.25) is 0 Å². The summed E-state index contributed by atoms with van der Waals surface area (Å²) < 4.78 is 6.04. The van der Waals surface area contributed by atoms with Crippen molar-refractivity contribution in [3.63, 3.8) is 0 Å². The van der Waals surface area contributed by atoms with Gasteiger partial charge in [0.2, 0.25) is 5.91 Å². The number of likely N-dealkylation sites (tertiary alicyclic amines) is 1. The number of hydrogen-bond acceptors (Lipinski definition) is 3. The van der Waals surface area contributed by atoms with Gasteiger partial charge in [-0.3, -0.25) is 9.69 Å². The van der Waals surface area contributed by atoms with Gasteiger partial charge in [-0.1, -0.05) is 48.5 Å². The van der Waals surface area contributed by atoms with Gasteiger partial charge in [0.1, 0.15) is 11.3 Å². The topological polar surface area (TPSA) is 36.7 Å². The molecular weight excluding hydrogens is 348 g/mol. The van der Waals surface area contributed by atoms with Crippen molar-refractivity contribution in [1.82, 2.24) is 9.80 Å². The molecule has 3 heterocycles. The number of nitrogens with zero attached hydrogens (tertiary/aromatic N) is 2. The van der Waals surface area contributed by atoms with Crippen LogP contribution < -0.4 is 0 Å². The average molecular weight is 374 g/mol. The van der Waals surface area contributed by atoms with E-state index in [9.17, 15) is 4.79 Å². The molecule has 0 N–H and O–H groups in total. The van der Waals surface area contributed by atoms with Crippen LogP contribution in [0.25, 0.3) is 11.0 Å². The lowest BCUT2D eigenvalue weighted by atomic mass is 9.93. The van der Waals surface area contributed by atoms with Crippen molar-refractivity contribution in [3.8, 4) is 0 Å². The van der Waals surface area contributed by atoms with Gasteiger partial charge in [0.25, 0.3) is 0 Å². The first-order valence-corrected chi connectivity index (χ1v) is 10.3. The van der Waals surface area contributed by atoms with Crippen LogP contribution in [0.4, 0.5) is 0 Å². The van der Waals surface area contributed by atoms with Crippen molar-refractivity contribution in [3.05, 3.63) is 71.5 Å². The summed E-state index contributed by atoms with van der Waals surface area (Å²) in [5.74, 6) is 1.44. The Labute approximate surface area is 165 Å². The lowest BCUT2D eigenvalue weighted by Crippen LogP contribution is -2.44. The third-order valence-corrected chi connectivity index (χ3v) is 6.25. The van der Waals surface area contributed by atoms with Gasteiger partial charge in [-0.05, 0) is 44.0 Å². The van der Waals surface area contributed by atoms with Crippen LogP contribution in [0.5, 0.6) is 0 Å². The monoisotopic (exact) mass is 374 g/mol. The normalized spacial score (nSPS) is 18.4. The molecule has 3 aromatic rings. The number of para-hydroxylation sites is 1. The Hall–Kier alpha value is -2.59. The Morgan fingerprint density at radius 2 is 1.71 bits per heavy atom. The molecule has 1 saturated heterocycles. The Morgan fingerprint density at radius 3 is 2.54 bits per heavy atom. The van der Waals surface area contributed by atoms with Crippen LogP contribution in [-0.2, 0) is 24.3 Å². The average Bonchev–Trinajstić information content (AvgIpc) is 3.12. The molecule has 0 radical (unpaired) electrons. The highest BCUT2D eigenvalue weighted by Crippen LogP contribution is 2.31. The number of carbonyl (C=O) groups is 1. The summed E-state index contributed by atoms with van der Waals surface area (Å²) in [6.45, 7) is 4.39. The number of benzene rings is 2. The second-order valence-corrected chi connectivity index (χ2v) is 8.05. The maximum atomic E-state index is 13.1. The molecule has 4 nitrogen and oxygen atoms in total. The van der Waals surface area contributed by atoms with E-state index in [0.29, 0.717) is 12.5 Å². The molecule has 4 heteroatoms. The fourth-order valence-corrected chi connectivity index (χ4v) is 4.68. The summed E-state index contributed by atoms with van der Waals surface area (Å²) in [5, 5.41) is 1.21. The summed E-state index contributed by atoms with van der Waals surface area (Å²) >= 11 is 0. The summed E-state index contributed by atoms with van der Waals surface area (Å²) in [4.78, 5) is 17.6. The highest BCUT2D eigenvalue weighted by atomic mass is 16.3. The maximum Gasteiger partial charge on any atom is 0.226 e. The van der Waals surface area contributed by atoms with Gasteiger partial charge in [0.05, 0.1) is 6.54 Å². The smallest absolute Gasteiger partial charge is 0.226 e. The van der Waals surface area contributed by atoms with Gasteiger partial charge in [0.15, 0.2) is 0 Å². The van der Waals surface area contributed by atoms with Gasteiger partial charge >= 0.3 is 0 Å². The summed E-state index contributed by atoms with van der Waals surface area (Å²) in [6.07, 6.45) is 2.80. The van der Waals surface area contributed by atoms with E-state index in [1.807, 2.05) is 17.0 Å². The van der Waals surface area contributed by atoms with Crippen LogP contribution in [-0.4, -0.2) is 35.3 Å². The van der Waals surface area contributed by atoms with Gasteiger partial charge < -0.3 is 9.32 Å². The Morgan fingerprint density at radius 1 is 0.964 bits per heavy atom. The predicted molar refractivity (Wildman–Crippen MR) is 110 cm³/mol. The van der Waals surface area contributed by atoms with Crippen LogP contribution in [0.15, 0.2) is 59.0 Å². The quantitative estimate of drug-likeness (QED) is 0.688. The Bertz CT molecular complexity index is 971. The second-order valence-electron chi connectivity index (χ2n) is 8.05. The van der Waals surface area contributed by atoms with Crippen molar-refractivity contribution in [2.45, 2.75) is 32.4 Å². The van der Waals surface area contributed by atoms with Crippen LogP contribution >= 0.6 is 0 Å². The minimum absolute atomic E-state index is 0.151. The predicted octanol–water partition coefficient (Wildman–Crippen LogP) is 4.23. The molecule has 28 heavy (non-hydrogen) atoms. The van der Waals surface area contributed by atoms with Crippen molar-refractivity contribution in [2.75, 3.05) is 19.6 Å². The molecule has 2 aliphatic rings. The lowest BCUT2D eigenvalue weighted by molar-refractivity contribution is -0.138. The molecule has 2 aliphatic heterocycles. The van der Waals surface area contributed by atoms with E-state index in [4.69, 9.17) is 4.42 Å². The minimum Gasteiger partial charge on any atom is -0.459 e. The molecule has 0 bridgehead atoms. The first-order valence-electron chi connectivity index (χ1n) is 10.3. The van der Waals surface area contributed by atoms with Crippen molar-refractivity contribution < 1.29 is 9.21 Å². The summed E-state index contributed by atoms with van der Waals surface area (Å²) in [6, 6.07) is 18.8. The Balaban J connectivity index is 1.21. The van der Waals surface area contributed by atoms with Gasteiger partial charge in [-0.2, -0.15) is 0 Å². The SMILES string of the molecule is O=C(C1CCN(Cc2ccccc2)CC1)N1CCc2c(oc3ccccc23)C1. The number of hydrogen-bond donors (Lipinski definition) is 0. The van der Waals surface area contributed by atoms with Crippen molar-refractivity contribution in [2.24, 2.45) is 5.92 Å². The van der Waals surface area contributed by atoms with Gasteiger partial charge in [0, 0.05) is 30.0 Å². The molecule has 0 saturated carbocycles. The number of rotatable bonds is 3. The lowest BCUT2D eigenvalue weighted by Gasteiger charge is -2.35. The number of furan rings is 1. The maximum absolute atomic E-state index is 13.1. The van der Waals surface area contributed by atoms with Crippen molar-refractivity contribution in [1.29, 1.82) is 0 Å². The first kappa shape index (κ1) is 17.5. The largest absolute Gasteiger partial charge is 0.459 e. The number of carbonyl (C=O) groups excluding carboxylic acids is 1. The molecule has 0 spiro atoms. The van der Waals surface area contributed by atoms with E-state index < -0.39 is 0 Å². The fraction of sp³-hybridized carbons (Fsp3) is 0.375. The van der Waals surface area contributed by atoms with E-state index in [-0.39, 0.29) is 5.92 Å².